The average Bonchev–Trinajstić information content (AvgIpc) is 2.99. The van der Waals surface area contributed by atoms with E-state index in [4.69, 9.17) is 0 Å². The van der Waals surface area contributed by atoms with Crippen LogP contribution in [0, 0.1) is 6.92 Å². The van der Waals surface area contributed by atoms with Crippen molar-refractivity contribution in [3.8, 4) is 0 Å². The van der Waals surface area contributed by atoms with Crippen molar-refractivity contribution in [3.05, 3.63) is 51.7 Å². The van der Waals surface area contributed by atoms with Gasteiger partial charge in [0.25, 0.3) is 5.91 Å². The molecule has 0 aliphatic heterocycles. The Morgan fingerprint density at radius 2 is 1.96 bits per heavy atom. The zero-order chi connectivity index (χ0) is 16.1. The topological polar surface area (TPSA) is 41.5 Å². The minimum absolute atomic E-state index is 0.00740. The second kappa shape index (κ2) is 7.55. The van der Waals surface area contributed by atoms with Crippen LogP contribution in [0.3, 0.4) is 0 Å². The van der Waals surface area contributed by atoms with Crippen LogP contribution in [0.5, 0.6) is 0 Å². The molecule has 1 aliphatic carbocycles. The van der Waals surface area contributed by atoms with Crippen molar-refractivity contribution in [1.29, 1.82) is 0 Å². The van der Waals surface area contributed by atoms with E-state index in [1.807, 2.05) is 36.5 Å². The molecular formula is C19H22N2OS. The number of hydrogen-bond donors (Lipinski definition) is 1. The van der Waals surface area contributed by atoms with Gasteiger partial charge in [0, 0.05) is 22.0 Å². The highest BCUT2D eigenvalue weighted by atomic mass is 32.1. The van der Waals surface area contributed by atoms with Crippen molar-refractivity contribution in [2.75, 3.05) is 0 Å². The number of carbonyl (C=O) groups excluding carboxylic acids is 1. The van der Waals surface area contributed by atoms with Gasteiger partial charge in [0.05, 0.1) is 11.3 Å². The highest BCUT2D eigenvalue weighted by molar-refractivity contribution is 7.13. The van der Waals surface area contributed by atoms with E-state index in [9.17, 15) is 4.79 Å². The maximum atomic E-state index is 12.6. The molecule has 0 unspecified atom stereocenters. The molecule has 120 valence electrons. The number of nitrogens with one attached hydrogen (secondary N) is 1. The van der Waals surface area contributed by atoms with Crippen molar-refractivity contribution in [2.24, 2.45) is 4.99 Å². The number of hydrogen-bond acceptors (Lipinski definition) is 3. The zero-order valence-corrected chi connectivity index (χ0v) is 14.2. The van der Waals surface area contributed by atoms with Crippen LogP contribution in [0.1, 0.15) is 52.2 Å². The molecule has 1 saturated carbocycles. The molecule has 0 bridgehead atoms. The predicted molar refractivity (Wildman–Crippen MR) is 97.1 cm³/mol. The lowest BCUT2D eigenvalue weighted by atomic mass is 9.95. The quantitative estimate of drug-likeness (QED) is 0.800. The molecular weight excluding hydrogens is 304 g/mol. The van der Waals surface area contributed by atoms with Gasteiger partial charge in [-0.1, -0.05) is 31.4 Å². The van der Waals surface area contributed by atoms with Crippen molar-refractivity contribution in [3.63, 3.8) is 0 Å². The molecule has 1 aliphatic rings. The summed E-state index contributed by atoms with van der Waals surface area (Å²) in [6.45, 7) is 2.08. The fourth-order valence-corrected chi connectivity index (χ4v) is 3.69. The van der Waals surface area contributed by atoms with Gasteiger partial charge >= 0.3 is 0 Å². The maximum absolute atomic E-state index is 12.6. The Balaban J connectivity index is 1.74. The van der Waals surface area contributed by atoms with Crippen LogP contribution in [0.2, 0.25) is 0 Å². The van der Waals surface area contributed by atoms with Gasteiger partial charge in [-0.05, 0) is 44.0 Å². The fourth-order valence-electron chi connectivity index (χ4n) is 2.94. The minimum Gasteiger partial charge on any atom is -0.349 e. The summed E-state index contributed by atoms with van der Waals surface area (Å²) in [5, 5.41) is 3.17. The molecule has 4 heteroatoms. The zero-order valence-electron chi connectivity index (χ0n) is 13.4. The molecule has 1 aromatic carbocycles. The lowest BCUT2D eigenvalue weighted by Gasteiger charge is -2.23. The molecule has 1 amide bonds. The first-order valence-corrected chi connectivity index (χ1v) is 9.04. The maximum Gasteiger partial charge on any atom is 0.253 e. The van der Waals surface area contributed by atoms with Crippen LogP contribution >= 0.6 is 11.3 Å². The third kappa shape index (κ3) is 4.29. The van der Waals surface area contributed by atoms with Gasteiger partial charge in [0.15, 0.2) is 0 Å². The second-order valence-corrected chi connectivity index (χ2v) is 7.35. The molecule has 1 N–H and O–H groups in total. The van der Waals surface area contributed by atoms with E-state index in [-0.39, 0.29) is 5.91 Å². The van der Waals surface area contributed by atoms with Gasteiger partial charge in [0.1, 0.15) is 0 Å². The molecule has 0 atom stereocenters. The number of aryl methyl sites for hydroxylation is 1. The smallest absolute Gasteiger partial charge is 0.253 e. The predicted octanol–water partition coefficient (Wildman–Crippen LogP) is 4.87. The Bertz CT molecular complexity index is 699. The van der Waals surface area contributed by atoms with Gasteiger partial charge in [0.2, 0.25) is 0 Å². The van der Waals surface area contributed by atoms with Crippen LogP contribution in [-0.4, -0.2) is 18.2 Å². The van der Waals surface area contributed by atoms with Crippen molar-refractivity contribution >= 4 is 29.1 Å². The standard InChI is InChI=1S/C19H22N2OS/c1-14-11-12-16(23-14)13-20-18-10-6-5-9-17(18)19(22)21-15-7-3-2-4-8-15/h5-6,9-13,15H,2-4,7-8H2,1H3,(H,21,22). The average molecular weight is 326 g/mol. The minimum atomic E-state index is -0.00740. The molecule has 1 heterocycles. The van der Waals surface area contributed by atoms with Gasteiger partial charge in [-0.3, -0.25) is 9.79 Å². The largest absolute Gasteiger partial charge is 0.349 e. The second-order valence-electron chi connectivity index (χ2n) is 6.03. The lowest BCUT2D eigenvalue weighted by molar-refractivity contribution is 0.0928. The van der Waals surface area contributed by atoms with Crippen molar-refractivity contribution in [2.45, 2.75) is 45.1 Å². The highest BCUT2D eigenvalue weighted by Crippen LogP contribution is 2.22. The Kier molecular flexibility index (Phi) is 5.23. The van der Waals surface area contributed by atoms with E-state index in [0.717, 1.165) is 23.4 Å². The molecule has 23 heavy (non-hydrogen) atoms. The summed E-state index contributed by atoms with van der Waals surface area (Å²) in [5.41, 5.74) is 1.38. The Hall–Kier alpha value is -1.94. The lowest BCUT2D eigenvalue weighted by Crippen LogP contribution is -2.36. The summed E-state index contributed by atoms with van der Waals surface area (Å²) in [6.07, 6.45) is 7.72. The first kappa shape index (κ1) is 15.9. The van der Waals surface area contributed by atoms with Gasteiger partial charge in [-0.15, -0.1) is 11.3 Å². The molecule has 3 rings (SSSR count). The summed E-state index contributed by atoms with van der Waals surface area (Å²) < 4.78 is 0. The van der Waals surface area contributed by atoms with Crippen LogP contribution in [-0.2, 0) is 0 Å². The molecule has 0 radical (unpaired) electrons. The number of aliphatic imine (C=N–C) groups is 1. The molecule has 0 spiro atoms. The van der Waals surface area contributed by atoms with Crippen LogP contribution < -0.4 is 5.32 Å². The summed E-state index contributed by atoms with van der Waals surface area (Å²) >= 11 is 1.70. The van der Waals surface area contributed by atoms with E-state index in [2.05, 4.69) is 23.3 Å². The third-order valence-corrected chi connectivity index (χ3v) is 5.12. The summed E-state index contributed by atoms with van der Waals surface area (Å²) in [4.78, 5) is 19.5. The first-order valence-electron chi connectivity index (χ1n) is 8.23. The van der Waals surface area contributed by atoms with E-state index in [1.165, 1.54) is 24.1 Å². The number of benzene rings is 1. The molecule has 0 saturated heterocycles. The Morgan fingerprint density at radius 3 is 2.70 bits per heavy atom. The Morgan fingerprint density at radius 1 is 1.17 bits per heavy atom. The van der Waals surface area contributed by atoms with Crippen LogP contribution in [0.25, 0.3) is 0 Å². The number of thiophene rings is 1. The van der Waals surface area contributed by atoms with Gasteiger partial charge in [-0.2, -0.15) is 0 Å². The molecule has 1 aromatic heterocycles. The molecule has 2 aromatic rings. The SMILES string of the molecule is Cc1ccc(C=Nc2ccccc2C(=O)NC2CCCCC2)s1. The third-order valence-electron chi connectivity index (χ3n) is 4.18. The monoisotopic (exact) mass is 326 g/mol. The fraction of sp³-hybridized carbons (Fsp3) is 0.368. The molecule has 3 nitrogen and oxygen atoms in total. The number of carbonyl (C=O) groups is 1. The normalized spacial score (nSPS) is 15.9. The van der Waals surface area contributed by atoms with Gasteiger partial charge in [-0.25, -0.2) is 0 Å². The number of rotatable bonds is 4. The number of para-hydroxylation sites is 1. The van der Waals surface area contributed by atoms with Crippen LogP contribution in [0.15, 0.2) is 41.4 Å². The molecule has 1 fully saturated rings. The van der Waals surface area contributed by atoms with E-state index < -0.39 is 0 Å². The number of nitrogens with zero attached hydrogens (tertiary/aromatic N) is 1. The summed E-state index contributed by atoms with van der Waals surface area (Å²) in [7, 11) is 0. The summed E-state index contributed by atoms with van der Waals surface area (Å²) in [5.74, 6) is -0.00740. The van der Waals surface area contributed by atoms with Crippen molar-refractivity contribution < 1.29 is 4.79 Å². The summed E-state index contributed by atoms with van der Waals surface area (Å²) in [6, 6.07) is 12.0. The number of amides is 1. The van der Waals surface area contributed by atoms with E-state index >= 15 is 0 Å². The Labute approximate surface area is 141 Å². The highest BCUT2D eigenvalue weighted by Gasteiger charge is 2.18. The van der Waals surface area contributed by atoms with Gasteiger partial charge < -0.3 is 5.32 Å². The van der Waals surface area contributed by atoms with Crippen molar-refractivity contribution in [1.82, 2.24) is 5.32 Å². The first-order chi connectivity index (χ1) is 11.2. The van der Waals surface area contributed by atoms with Crippen LogP contribution in [0.4, 0.5) is 5.69 Å². The van der Waals surface area contributed by atoms with E-state index in [0.29, 0.717) is 11.6 Å². The van der Waals surface area contributed by atoms with E-state index in [1.54, 1.807) is 11.3 Å².